The van der Waals surface area contributed by atoms with Gasteiger partial charge in [-0.25, -0.2) is 23.2 Å². The van der Waals surface area contributed by atoms with Crippen LogP contribution in [0.3, 0.4) is 0 Å². The van der Waals surface area contributed by atoms with Crippen LogP contribution in [0.15, 0.2) is 18.3 Å². The van der Waals surface area contributed by atoms with E-state index in [4.69, 9.17) is 5.21 Å². The van der Waals surface area contributed by atoms with Crippen molar-refractivity contribution in [2.24, 2.45) is 5.92 Å². The van der Waals surface area contributed by atoms with Crippen molar-refractivity contribution in [1.82, 2.24) is 14.8 Å². The molecule has 0 spiro atoms. The number of anilines is 1. The van der Waals surface area contributed by atoms with E-state index in [1.165, 1.54) is 15.9 Å². The first-order valence-electron chi connectivity index (χ1n) is 10.8. The minimum Gasteiger partial charge on any atom is -0.355 e. The average Bonchev–Trinajstić information content (AvgIpc) is 3.04. The van der Waals surface area contributed by atoms with Gasteiger partial charge in [-0.2, -0.15) is 13.2 Å². The zero-order chi connectivity index (χ0) is 24.5. The number of aromatic nitrogens is 1. The largest absolute Gasteiger partial charge is 0.417 e. The molecular weight excluding hydrogens is 461 g/mol. The topological polar surface area (TPSA) is 103 Å². The number of carbonyl (C=O) groups is 1. The van der Waals surface area contributed by atoms with Crippen LogP contribution < -0.4 is 10.4 Å². The lowest BCUT2D eigenvalue weighted by molar-refractivity contribution is -0.137. The Balaban J connectivity index is 2.04. The molecule has 1 fully saturated rings. The average molecular weight is 491 g/mol. The molecule has 1 atom stereocenters. The van der Waals surface area contributed by atoms with E-state index in [1.54, 1.807) is 4.90 Å². The first-order chi connectivity index (χ1) is 15.6. The van der Waals surface area contributed by atoms with E-state index in [0.717, 1.165) is 31.5 Å². The van der Waals surface area contributed by atoms with Crippen molar-refractivity contribution in [3.63, 3.8) is 0 Å². The first-order valence-corrected chi connectivity index (χ1v) is 12.4. The van der Waals surface area contributed by atoms with Crippen LogP contribution in [0.25, 0.3) is 0 Å². The first kappa shape index (κ1) is 26.9. The summed E-state index contributed by atoms with van der Waals surface area (Å²) in [6.07, 6.45) is 0.0526. The van der Waals surface area contributed by atoms with Crippen LogP contribution in [0.4, 0.5) is 19.0 Å². The van der Waals surface area contributed by atoms with Gasteiger partial charge in [0, 0.05) is 38.8 Å². The van der Waals surface area contributed by atoms with Crippen molar-refractivity contribution < 1.29 is 31.6 Å². The molecule has 1 aliphatic heterocycles. The Hall–Kier alpha value is -2.36. The van der Waals surface area contributed by atoms with Gasteiger partial charge in [-0.3, -0.25) is 10.0 Å². The third-order valence-electron chi connectivity index (χ3n) is 5.23. The summed E-state index contributed by atoms with van der Waals surface area (Å²) in [7, 11) is -3.88. The van der Waals surface area contributed by atoms with Crippen molar-refractivity contribution in [2.75, 3.05) is 36.8 Å². The number of halogens is 3. The third kappa shape index (κ3) is 8.17. The molecule has 2 N–H and O–H groups in total. The Bertz CT molecular complexity index is 943. The maximum atomic E-state index is 12.9. The zero-order valence-electron chi connectivity index (χ0n) is 18.4. The standard InChI is InChI=1S/C21H29F3N4O4S/c1-2-3-4-5-6-8-17(20(29)26-30)16-33(31,32)28-12-7-11-27(13-14-28)19-10-9-18(15-25-19)21(22,23)24/h9-10,15,17,30H,2-5,7,11-14,16H2,1H3,(H,26,29). The Morgan fingerprint density at radius 3 is 2.61 bits per heavy atom. The van der Waals surface area contributed by atoms with Gasteiger partial charge >= 0.3 is 6.18 Å². The van der Waals surface area contributed by atoms with E-state index < -0.39 is 39.3 Å². The predicted octanol–water partition coefficient (Wildman–Crippen LogP) is 2.65. The summed E-state index contributed by atoms with van der Waals surface area (Å²) in [5, 5.41) is 8.97. The number of alkyl halides is 3. The van der Waals surface area contributed by atoms with Gasteiger partial charge in [0.15, 0.2) is 0 Å². The predicted molar refractivity (Wildman–Crippen MR) is 117 cm³/mol. The lowest BCUT2D eigenvalue weighted by atomic mass is 10.1. The van der Waals surface area contributed by atoms with Gasteiger partial charge < -0.3 is 4.90 Å². The van der Waals surface area contributed by atoms with Crippen LogP contribution in [0.1, 0.15) is 44.6 Å². The summed E-state index contributed by atoms with van der Waals surface area (Å²) in [6.45, 7) is 2.97. The summed E-state index contributed by atoms with van der Waals surface area (Å²) in [6, 6.07) is 2.21. The number of hydrogen-bond donors (Lipinski definition) is 2. The smallest absolute Gasteiger partial charge is 0.355 e. The molecule has 2 rings (SSSR count). The summed E-state index contributed by atoms with van der Waals surface area (Å²) >= 11 is 0. The van der Waals surface area contributed by atoms with Crippen LogP contribution in [-0.2, 0) is 21.0 Å². The van der Waals surface area contributed by atoms with E-state index in [-0.39, 0.29) is 19.6 Å². The zero-order valence-corrected chi connectivity index (χ0v) is 19.3. The van der Waals surface area contributed by atoms with Gasteiger partial charge in [0.1, 0.15) is 11.7 Å². The molecule has 2 heterocycles. The second-order valence-electron chi connectivity index (χ2n) is 7.73. The summed E-state index contributed by atoms with van der Waals surface area (Å²) in [5.41, 5.74) is 0.625. The summed E-state index contributed by atoms with van der Waals surface area (Å²) in [5.74, 6) is 3.14. The molecule has 0 radical (unpaired) electrons. The number of amides is 1. The molecule has 1 saturated heterocycles. The minimum absolute atomic E-state index is 0.0857. The molecule has 8 nitrogen and oxygen atoms in total. The number of unbranched alkanes of at least 4 members (excludes halogenated alkanes) is 3. The minimum atomic E-state index is -4.48. The lowest BCUT2D eigenvalue weighted by Gasteiger charge is -2.23. The van der Waals surface area contributed by atoms with Crippen molar-refractivity contribution >= 4 is 21.7 Å². The second kappa shape index (κ2) is 12.2. The Morgan fingerprint density at radius 1 is 1.24 bits per heavy atom. The molecule has 1 aromatic rings. The number of hydroxylamine groups is 1. The molecule has 0 saturated carbocycles. The van der Waals surface area contributed by atoms with Crippen LogP contribution in [0.5, 0.6) is 0 Å². The molecule has 0 aromatic carbocycles. The van der Waals surface area contributed by atoms with Crippen LogP contribution in [-0.4, -0.2) is 60.8 Å². The maximum Gasteiger partial charge on any atom is 0.417 e. The molecule has 0 aliphatic carbocycles. The SMILES string of the molecule is CCCCCC#CC(CS(=O)(=O)N1CCCN(c2ccc(C(F)(F)F)cn2)CC1)C(=O)NO. The second-order valence-corrected chi connectivity index (χ2v) is 9.74. The molecule has 184 valence electrons. The number of pyridine rings is 1. The van der Waals surface area contributed by atoms with E-state index in [2.05, 4.69) is 16.8 Å². The van der Waals surface area contributed by atoms with E-state index in [0.29, 0.717) is 25.2 Å². The monoisotopic (exact) mass is 490 g/mol. The van der Waals surface area contributed by atoms with Crippen LogP contribution in [0.2, 0.25) is 0 Å². The van der Waals surface area contributed by atoms with Crippen molar-refractivity contribution in [3.8, 4) is 11.8 Å². The highest BCUT2D eigenvalue weighted by Gasteiger charge is 2.32. The Labute approximate surface area is 192 Å². The van der Waals surface area contributed by atoms with Gasteiger partial charge in [-0.1, -0.05) is 25.7 Å². The molecular formula is C21H29F3N4O4S. The highest BCUT2D eigenvalue weighted by molar-refractivity contribution is 7.89. The lowest BCUT2D eigenvalue weighted by Crippen LogP contribution is -2.41. The maximum absolute atomic E-state index is 12.9. The number of rotatable bonds is 8. The van der Waals surface area contributed by atoms with Gasteiger partial charge in [-0.15, -0.1) is 5.92 Å². The molecule has 0 bridgehead atoms. The summed E-state index contributed by atoms with van der Waals surface area (Å²) in [4.78, 5) is 17.5. The van der Waals surface area contributed by atoms with Crippen molar-refractivity contribution in [2.45, 2.75) is 45.2 Å². The molecule has 1 amide bonds. The number of sulfonamides is 1. The Morgan fingerprint density at radius 2 is 2.00 bits per heavy atom. The highest BCUT2D eigenvalue weighted by Crippen LogP contribution is 2.29. The molecule has 1 aromatic heterocycles. The van der Waals surface area contributed by atoms with E-state index in [1.807, 2.05) is 6.92 Å². The van der Waals surface area contributed by atoms with Gasteiger partial charge in [0.05, 0.1) is 11.3 Å². The van der Waals surface area contributed by atoms with E-state index in [9.17, 15) is 26.4 Å². The molecule has 1 aliphatic rings. The summed E-state index contributed by atoms with van der Waals surface area (Å²) < 4.78 is 65.4. The quantitative estimate of drug-likeness (QED) is 0.251. The fraction of sp³-hybridized carbons (Fsp3) is 0.619. The van der Waals surface area contributed by atoms with Crippen molar-refractivity contribution in [3.05, 3.63) is 23.9 Å². The molecule has 12 heteroatoms. The third-order valence-corrected chi connectivity index (χ3v) is 7.14. The molecule has 33 heavy (non-hydrogen) atoms. The molecule has 1 unspecified atom stereocenters. The number of nitrogens with zero attached hydrogens (tertiary/aromatic N) is 3. The Kier molecular flexibility index (Phi) is 9.94. The van der Waals surface area contributed by atoms with Crippen LogP contribution >= 0.6 is 0 Å². The highest BCUT2D eigenvalue weighted by atomic mass is 32.2. The fourth-order valence-electron chi connectivity index (χ4n) is 3.38. The van der Waals surface area contributed by atoms with Gasteiger partial charge in [0.25, 0.3) is 5.91 Å². The van der Waals surface area contributed by atoms with Gasteiger partial charge in [-0.05, 0) is 25.0 Å². The number of hydrogen-bond acceptors (Lipinski definition) is 6. The van der Waals surface area contributed by atoms with E-state index >= 15 is 0 Å². The van der Waals surface area contributed by atoms with Crippen molar-refractivity contribution in [1.29, 1.82) is 0 Å². The fourth-order valence-corrected chi connectivity index (χ4v) is 5.01. The van der Waals surface area contributed by atoms with Crippen LogP contribution in [0, 0.1) is 17.8 Å². The number of nitrogens with one attached hydrogen (secondary N) is 1. The van der Waals surface area contributed by atoms with Gasteiger partial charge in [0.2, 0.25) is 10.0 Å². The normalized spacial score (nSPS) is 16.5. The number of carbonyl (C=O) groups excluding carboxylic acids is 1.